The minimum Gasteiger partial charge on any atom is -0.390 e. The third kappa shape index (κ3) is 5.37. The number of aliphatic hydroxyl groups excluding tert-OH is 1. The third-order valence-electron chi connectivity index (χ3n) is 3.12. The number of imidazole rings is 1. The standard InChI is InChI=1S/C16H20FN3O2S/c1-2-7-18-15(22)11-23-16-19-14(10-21)9-20(16)8-12-3-5-13(17)6-4-12/h3-6,9,21H,2,7-8,10-11H2,1H3,(H,18,22). The van der Waals surface area contributed by atoms with E-state index in [1.54, 1.807) is 18.3 Å². The van der Waals surface area contributed by atoms with Gasteiger partial charge in [-0.05, 0) is 24.1 Å². The highest BCUT2D eigenvalue weighted by Crippen LogP contribution is 2.19. The maximum absolute atomic E-state index is 13.0. The minimum absolute atomic E-state index is 0.0428. The Kier molecular flexibility index (Phi) is 6.61. The Bertz CT molecular complexity index is 643. The van der Waals surface area contributed by atoms with Crippen LogP contribution in [0.3, 0.4) is 0 Å². The van der Waals surface area contributed by atoms with Crippen LogP contribution in [0.4, 0.5) is 4.39 Å². The number of carbonyl (C=O) groups is 1. The number of carbonyl (C=O) groups excluding carboxylic acids is 1. The second-order valence-corrected chi connectivity index (χ2v) is 6.01. The molecule has 2 aromatic rings. The molecule has 0 fully saturated rings. The summed E-state index contributed by atoms with van der Waals surface area (Å²) < 4.78 is 14.8. The molecule has 0 radical (unpaired) electrons. The number of aromatic nitrogens is 2. The highest BCUT2D eigenvalue weighted by Gasteiger charge is 2.11. The molecule has 2 rings (SSSR count). The van der Waals surface area contributed by atoms with E-state index in [2.05, 4.69) is 10.3 Å². The van der Waals surface area contributed by atoms with Crippen LogP contribution in [-0.2, 0) is 17.9 Å². The fourth-order valence-corrected chi connectivity index (χ4v) is 2.81. The van der Waals surface area contributed by atoms with Crippen molar-refractivity contribution in [2.75, 3.05) is 12.3 Å². The van der Waals surface area contributed by atoms with Gasteiger partial charge in [0.15, 0.2) is 5.16 Å². The van der Waals surface area contributed by atoms with E-state index in [4.69, 9.17) is 0 Å². The lowest BCUT2D eigenvalue weighted by Gasteiger charge is -2.08. The summed E-state index contributed by atoms with van der Waals surface area (Å²) in [4.78, 5) is 16.0. The van der Waals surface area contributed by atoms with Gasteiger partial charge in [-0.15, -0.1) is 0 Å². The average molecular weight is 337 g/mol. The van der Waals surface area contributed by atoms with E-state index in [0.717, 1.165) is 12.0 Å². The predicted octanol–water partition coefficient (Wildman–Crippen LogP) is 2.18. The number of nitrogens with zero attached hydrogens (tertiary/aromatic N) is 2. The first-order valence-corrected chi connectivity index (χ1v) is 8.41. The van der Waals surface area contributed by atoms with Crippen LogP contribution in [0.25, 0.3) is 0 Å². The van der Waals surface area contributed by atoms with Crippen LogP contribution in [0.15, 0.2) is 35.6 Å². The van der Waals surface area contributed by atoms with Gasteiger partial charge in [0.05, 0.1) is 18.1 Å². The van der Waals surface area contributed by atoms with Crippen molar-refractivity contribution in [3.8, 4) is 0 Å². The molecule has 5 nitrogen and oxygen atoms in total. The number of hydrogen-bond acceptors (Lipinski definition) is 4. The predicted molar refractivity (Wildman–Crippen MR) is 87.7 cm³/mol. The molecule has 0 saturated carbocycles. The van der Waals surface area contributed by atoms with Gasteiger partial charge in [0.25, 0.3) is 0 Å². The van der Waals surface area contributed by atoms with Gasteiger partial charge in [0.2, 0.25) is 5.91 Å². The third-order valence-corrected chi connectivity index (χ3v) is 4.11. The second-order valence-electron chi connectivity index (χ2n) is 5.07. The van der Waals surface area contributed by atoms with Crippen molar-refractivity contribution in [1.29, 1.82) is 0 Å². The Morgan fingerprint density at radius 2 is 2.13 bits per heavy atom. The van der Waals surface area contributed by atoms with Crippen molar-refractivity contribution in [3.05, 3.63) is 47.5 Å². The molecule has 0 saturated heterocycles. The molecular weight excluding hydrogens is 317 g/mol. The minimum atomic E-state index is -0.280. The van der Waals surface area contributed by atoms with E-state index in [1.165, 1.54) is 23.9 Å². The molecule has 1 aromatic carbocycles. The molecular formula is C16H20FN3O2S. The number of benzene rings is 1. The van der Waals surface area contributed by atoms with Gasteiger partial charge in [0, 0.05) is 19.3 Å². The van der Waals surface area contributed by atoms with Gasteiger partial charge in [-0.3, -0.25) is 4.79 Å². The van der Waals surface area contributed by atoms with Crippen LogP contribution in [0.1, 0.15) is 24.6 Å². The number of rotatable bonds is 8. The first-order valence-electron chi connectivity index (χ1n) is 7.43. The Morgan fingerprint density at radius 3 is 2.78 bits per heavy atom. The zero-order valence-corrected chi connectivity index (χ0v) is 13.8. The van der Waals surface area contributed by atoms with Crippen LogP contribution < -0.4 is 5.32 Å². The Morgan fingerprint density at radius 1 is 1.39 bits per heavy atom. The summed E-state index contributed by atoms with van der Waals surface area (Å²) >= 11 is 1.32. The Labute approximate surface area is 138 Å². The van der Waals surface area contributed by atoms with Crippen LogP contribution in [0, 0.1) is 5.82 Å². The summed E-state index contributed by atoms with van der Waals surface area (Å²) in [5.74, 6) is -0.0537. The van der Waals surface area contributed by atoms with Crippen molar-refractivity contribution >= 4 is 17.7 Å². The SMILES string of the molecule is CCCNC(=O)CSc1nc(CO)cn1Cc1ccc(F)cc1. The summed E-state index contributed by atoms with van der Waals surface area (Å²) in [6.45, 7) is 3.00. The van der Waals surface area contributed by atoms with Gasteiger partial charge < -0.3 is 15.0 Å². The summed E-state index contributed by atoms with van der Waals surface area (Å²) in [5.41, 5.74) is 1.47. The smallest absolute Gasteiger partial charge is 0.230 e. The van der Waals surface area contributed by atoms with Crippen LogP contribution in [0.5, 0.6) is 0 Å². The molecule has 0 aliphatic rings. The largest absolute Gasteiger partial charge is 0.390 e. The Hall–Kier alpha value is -1.86. The number of thioether (sulfide) groups is 1. The van der Waals surface area contributed by atoms with Crippen molar-refractivity contribution in [1.82, 2.24) is 14.9 Å². The fraction of sp³-hybridized carbons (Fsp3) is 0.375. The number of halogens is 1. The van der Waals surface area contributed by atoms with Crippen LogP contribution in [0.2, 0.25) is 0 Å². The average Bonchev–Trinajstić information content (AvgIpc) is 2.95. The lowest BCUT2D eigenvalue weighted by molar-refractivity contribution is -0.118. The monoisotopic (exact) mass is 337 g/mol. The molecule has 0 aliphatic heterocycles. The topological polar surface area (TPSA) is 67.2 Å². The molecule has 7 heteroatoms. The van der Waals surface area contributed by atoms with Gasteiger partial charge >= 0.3 is 0 Å². The molecule has 0 bridgehead atoms. The molecule has 1 amide bonds. The van der Waals surface area contributed by atoms with Crippen molar-refractivity contribution in [2.24, 2.45) is 0 Å². The van der Waals surface area contributed by atoms with E-state index in [1.807, 2.05) is 11.5 Å². The quantitative estimate of drug-likeness (QED) is 0.725. The second kappa shape index (κ2) is 8.69. The molecule has 23 heavy (non-hydrogen) atoms. The highest BCUT2D eigenvalue weighted by atomic mass is 32.2. The molecule has 0 unspecified atom stereocenters. The molecule has 0 aliphatic carbocycles. The van der Waals surface area contributed by atoms with E-state index >= 15 is 0 Å². The highest BCUT2D eigenvalue weighted by molar-refractivity contribution is 7.99. The zero-order chi connectivity index (χ0) is 16.7. The van der Waals surface area contributed by atoms with Crippen LogP contribution >= 0.6 is 11.8 Å². The molecule has 1 aromatic heterocycles. The summed E-state index contributed by atoms with van der Waals surface area (Å²) in [6.07, 6.45) is 2.64. The van der Waals surface area contributed by atoms with Gasteiger partial charge in [0.1, 0.15) is 5.82 Å². The van der Waals surface area contributed by atoms with Gasteiger partial charge in [-0.2, -0.15) is 0 Å². The Balaban J connectivity index is 2.05. The van der Waals surface area contributed by atoms with E-state index in [-0.39, 0.29) is 24.1 Å². The number of amides is 1. The summed E-state index contributed by atoms with van der Waals surface area (Å²) in [7, 11) is 0. The molecule has 0 atom stereocenters. The first kappa shape index (κ1) is 17.5. The van der Waals surface area contributed by atoms with Crippen molar-refractivity contribution in [2.45, 2.75) is 31.7 Å². The van der Waals surface area contributed by atoms with Crippen molar-refractivity contribution in [3.63, 3.8) is 0 Å². The summed E-state index contributed by atoms with van der Waals surface area (Å²) in [5, 5.41) is 12.7. The van der Waals surface area contributed by atoms with Crippen LogP contribution in [-0.4, -0.2) is 32.9 Å². The number of aliphatic hydroxyl groups is 1. The number of nitrogens with one attached hydrogen (secondary N) is 1. The fourth-order valence-electron chi connectivity index (χ4n) is 1.99. The lowest BCUT2D eigenvalue weighted by atomic mass is 10.2. The zero-order valence-electron chi connectivity index (χ0n) is 13.0. The normalized spacial score (nSPS) is 10.7. The molecule has 0 spiro atoms. The first-order chi connectivity index (χ1) is 11.1. The maximum Gasteiger partial charge on any atom is 0.230 e. The number of hydrogen-bond donors (Lipinski definition) is 2. The van der Waals surface area contributed by atoms with E-state index in [0.29, 0.717) is 23.9 Å². The maximum atomic E-state index is 13.0. The lowest BCUT2D eigenvalue weighted by Crippen LogP contribution is -2.25. The molecule has 1 heterocycles. The summed E-state index contributed by atoms with van der Waals surface area (Å²) in [6, 6.07) is 6.22. The van der Waals surface area contributed by atoms with E-state index < -0.39 is 0 Å². The van der Waals surface area contributed by atoms with Gasteiger partial charge in [-0.1, -0.05) is 30.8 Å². The molecule has 124 valence electrons. The van der Waals surface area contributed by atoms with Gasteiger partial charge in [-0.25, -0.2) is 9.37 Å². The molecule has 2 N–H and O–H groups in total. The van der Waals surface area contributed by atoms with Crippen molar-refractivity contribution < 1.29 is 14.3 Å². The van der Waals surface area contributed by atoms with E-state index in [9.17, 15) is 14.3 Å².